The summed E-state index contributed by atoms with van der Waals surface area (Å²) >= 11 is 0. The molecule has 84 valence electrons. The van der Waals surface area contributed by atoms with Crippen LogP contribution in [0.1, 0.15) is 46.5 Å². The summed E-state index contributed by atoms with van der Waals surface area (Å²) in [5.74, 6) is -0.314. The second kappa shape index (κ2) is 2.67. The van der Waals surface area contributed by atoms with Gasteiger partial charge in [0.2, 0.25) is 0 Å². The lowest BCUT2D eigenvalue weighted by molar-refractivity contribution is -0.280. The number of hydrogen-bond donors (Lipinski definition) is 0. The number of ether oxygens (including phenoxy) is 2. The zero-order valence-corrected chi connectivity index (χ0v) is 9.93. The van der Waals surface area contributed by atoms with Crippen molar-refractivity contribution >= 4 is 0 Å². The summed E-state index contributed by atoms with van der Waals surface area (Å²) in [7, 11) is 0. The molecule has 2 heterocycles. The maximum atomic E-state index is 6.30. The Balaban J connectivity index is 2.09. The molecular weight excluding hydrogens is 188 g/mol. The lowest BCUT2D eigenvalue weighted by Crippen LogP contribution is -2.54. The minimum Gasteiger partial charge on any atom is -0.346 e. The Hall–Kier alpha value is -0.340. The third kappa shape index (κ3) is 1.12. The van der Waals surface area contributed by atoms with Gasteiger partial charge in [-0.2, -0.15) is 0 Å². The third-order valence-electron chi connectivity index (χ3n) is 4.63. The molecule has 1 spiro atoms. The van der Waals surface area contributed by atoms with Gasteiger partial charge in [0.15, 0.2) is 5.79 Å². The van der Waals surface area contributed by atoms with Gasteiger partial charge in [0.25, 0.3) is 0 Å². The number of allylic oxidation sites excluding steroid dienone is 1. The van der Waals surface area contributed by atoms with Crippen molar-refractivity contribution in [1.82, 2.24) is 0 Å². The Morgan fingerprint density at radius 1 is 1.13 bits per heavy atom. The van der Waals surface area contributed by atoms with E-state index >= 15 is 0 Å². The van der Waals surface area contributed by atoms with Crippen molar-refractivity contribution in [3.63, 3.8) is 0 Å². The summed E-state index contributed by atoms with van der Waals surface area (Å²) < 4.78 is 12.1. The predicted molar refractivity (Wildman–Crippen MR) is 58.5 cm³/mol. The molecule has 0 N–H and O–H groups in total. The minimum atomic E-state index is -0.314. The first kappa shape index (κ1) is 9.86. The van der Waals surface area contributed by atoms with Crippen LogP contribution in [0.15, 0.2) is 11.6 Å². The van der Waals surface area contributed by atoms with Gasteiger partial charge in [-0.05, 0) is 37.2 Å². The van der Waals surface area contributed by atoms with Crippen molar-refractivity contribution < 1.29 is 9.47 Å². The van der Waals surface area contributed by atoms with E-state index in [-0.39, 0.29) is 16.8 Å². The van der Waals surface area contributed by atoms with Gasteiger partial charge in [0.1, 0.15) is 5.60 Å². The van der Waals surface area contributed by atoms with Crippen LogP contribution in [0.5, 0.6) is 0 Å². The van der Waals surface area contributed by atoms with Gasteiger partial charge in [-0.25, -0.2) is 0 Å². The highest BCUT2D eigenvalue weighted by Gasteiger charge is 2.60. The Kier molecular flexibility index (Phi) is 1.75. The Morgan fingerprint density at radius 3 is 2.73 bits per heavy atom. The van der Waals surface area contributed by atoms with Crippen molar-refractivity contribution in [3.8, 4) is 0 Å². The van der Waals surface area contributed by atoms with Gasteiger partial charge in [-0.3, -0.25) is 0 Å². The molecule has 0 aromatic heterocycles. The molecule has 2 nitrogen and oxygen atoms in total. The molecule has 15 heavy (non-hydrogen) atoms. The SMILES string of the molecule is CC1(C)CCC=C2CO[C@]3(C)CC[C@@]21O3. The van der Waals surface area contributed by atoms with E-state index in [0.29, 0.717) is 0 Å². The van der Waals surface area contributed by atoms with E-state index in [1.165, 1.54) is 18.4 Å². The molecule has 3 aliphatic rings. The third-order valence-corrected chi connectivity index (χ3v) is 4.63. The van der Waals surface area contributed by atoms with Crippen LogP contribution >= 0.6 is 0 Å². The Morgan fingerprint density at radius 2 is 1.93 bits per heavy atom. The van der Waals surface area contributed by atoms with E-state index in [1.54, 1.807) is 0 Å². The second-order valence-electron chi connectivity index (χ2n) is 6.00. The van der Waals surface area contributed by atoms with Crippen molar-refractivity contribution in [2.45, 2.75) is 57.8 Å². The van der Waals surface area contributed by atoms with Crippen molar-refractivity contribution in [2.24, 2.45) is 5.41 Å². The van der Waals surface area contributed by atoms with Gasteiger partial charge in [-0.1, -0.05) is 19.9 Å². The fraction of sp³-hybridized carbons (Fsp3) is 0.846. The largest absolute Gasteiger partial charge is 0.346 e. The van der Waals surface area contributed by atoms with Crippen LogP contribution in [0, 0.1) is 5.41 Å². The molecule has 2 saturated heterocycles. The molecule has 0 amide bonds. The molecule has 1 aliphatic carbocycles. The summed E-state index contributed by atoms with van der Waals surface area (Å²) in [6, 6.07) is 0. The standard InChI is InChI=1S/C13H20O2/c1-11(2)6-4-5-10-9-14-12(3)7-8-13(10,11)15-12/h5H,4,6-9H2,1-3H3/t12-,13+/m0/s1. The quantitative estimate of drug-likeness (QED) is 0.570. The van der Waals surface area contributed by atoms with Crippen LogP contribution in [0.4, 0.5) is 0 Å². The first-order valence-electron chi connectivity index (χ1n) is 6.01. The highest BCUT2D eigenvalue weighted by molar-refractivity contribution is 5.30. The molecule has 0 aromatic carbocycles. The van der Waals surface area contributed by atoms with Crippen molar-refractivity contribution in [2.75, 3.05) is 6.61 Å². The van der Waals surface area contributed by atoms with Crippen LogP contribution in [0.25, 0.3) is 0 Å². The zero-order valence-electron chi connectivity index (χ0n) is 9.93. The maximum absolute atomic E-state index is 6.30. The molecule has 2 bridgehead atoms. The van der Waals surface area contributed by atoms with Gasteiger partial charge < -0.3 is 9.47 Å². The summed E-state index contributed by atoms with van der Waals surface area (Å²) in [4.78, 5) is 0. The first-order chi connectivity index (χ1) is 6.98. The van der Waals surface area contributed by atoms with E-state index in [1.807, 2.05) is 0 Å². The van der Waals surface area contributed by atoms with Crippen molar-refractivity contribution in [1.29, 1.82) is 0 Å². The Labute approximate surface area is 91.6 Å². The molecule has 0 radical (unpaired) electrons. The maximum Gasteiger partial charge on any atom is 0.167 e. The molecule has 0 saturated carbocycles. The minimum absolute atomic E-state index is 0.0156. The highest BCUT2D eigenvalue weighted by atomic mass is 16.7. The molecule has 0 unspecified atom stereocenters. The lowest BCUT2D eigenvalue weighted by Gasteiger charge is -2.51. The summed E-state index contributed by atoms with van der Waals surface area (Å²) in [6.07, 6.45) is 6.91. The van der Waals surface area contributed by atoms with E-state index in [4.69, 9.17) is 9.47 Å². The van der Waals surface area contributed by atoms with E-state index in [2.05, 4.69) is 26.8 Å². The molecule has 3 rings (SSSR count). The van der Waals surface area contributed by atoms with Crippen LogP contribution in [-0.2, 0) is 9.47 Å². The number of hydrogen-bond acceptors (Lipinski definition) is 2. The van der Waals surface area contributed by atoms with Gasteiger partial charge in [-0.15, -0.1) is 0 Å². The van der Waals surface area contributed by atoms with Crippen LogP contribution < -0.4 is 0 Å². The molecular formula is C13H20O2. The fourth-order valence-electron chi connectivity index (χ4n) is 3.49. The molecule has 2 fully saturated rings. The van der Waals surface area contributed by atoms with Gasteiger partial charge in [0, 0.05) is 6.42 Å². The highest BCUT2D eigenvalue weighted by Crippen LogP contribution is 2.58. The predicted octanol–water partition coefficient (Wildman–Crippen LogP) is 3.03. The first-order valence-corrected chi connectivity index (χ1v) is 6.01. The molecule has 0 aromatic rings. The normalized spacial score (nSPS) is 47.3. The van der Waals surface area contributed by atoms with Gasteiger partial charge >= 0.3 is 0 Å². The lowest BCUT2D eigenvalue weighted by atomic mass is 9.64. The average molecular weight is 208 g/mol. The average Bonchev–Trinajstić information content (AvgIpc) is 2.44. The van der Waals surface area contributed by atoms with Crippen LogP contribution in [0.2, 0.25) is 0 Å². The van der Waals surface area contributed by atoms with Crippen LogP contribution in [0.3, 0.4) is 0 Å². The van der Waals surface area contributed by atoms with Crippen LogP contribution in [-0.4, -0.2) is 18.0 Å². The summed E-state index contributed by atoms with van der Waals surface area (Å²) in [6.45, 7) is 7.55. The Bertz CT molecular complexity index is 331. The van der Waals surface area contributed by atoms with E-state index < -0.39 is 0 Å². The molecule has 2 heteroatoms. The molecule has 2 aliphatic heterocycles. The van der Waals surface area contributed by atoms with E-state index in [9.17, 15) is 0 Å². The van der Waals surface area contributed by atoms with E-state index in [0.717, 1.165) is 19.4 Å². The summed E-state index contributed by atoms with van der Waals surface area (Å²) in [5, 5.41) is 0. The fourth-order valence-corrected chi connectivity index (χ4v) is 3.49. The zero-order chi connectivity index (χ0) is 10.7. The monoisotopic (exact) mass is 208 g/mol. The smallest absolute Gasteiger partial charge is 0.167 e. The number of rotatable bonds is 0. The second-order valence-corrected chi connectivity index (χ2v) is 6.00. The summed E-state index contributed by atoms with van der Waals surface area (Å²) in [5.41, 5.74) is 1.64. The number of fused-ring (bicyclic) bond motifs is 1. The topological polar surface area (TPSA) is 18.5 Å². The van der Waals surface area contributed by atoms with Crippen molar-refractivity contribution in [3.05, 3.63) is 11.6 Å². The molecule has 2 atom stereocenters. The van der Waals surface area contributed by atoms with Gasteiger partial charge in [0.05, 0.1) is 6.61 Å².